The summed E-state index contributed by atoms with van der Waals surface area (Å²) in [5.74, 6) is -2.06. The molecule has 42 heavy (non-hydrogen) atoms. The van der Waals surface area contributed by atoms with Gasteiger partial charge in [0.15, 0.2) is 0 Å². The van der Waals surface area contributed by atoms with Gasteiger partial charge >= 0.3 is 12.1 Å². The predicted molar refractivity (Wildman–Crippen MR) is 157 cm³/mol. The quantitative estimate of drug-likeness (QED) is 0.250. The number of cyclic esters (lactones) is 1. The smallest absolute Gasteiger partial charge is 0.408 e. The fourth-order valence-corrected chi connectivity index (χ4v) is 4.44. The number of ether oxygens (including phenoxy) is 2. The van der Waals surface area contributed by atoms with Gasteiger partial charge in [-0.25, -0.2) is 9.59 Å². The van der Waals surface area contributed by atoms with Crippen molar-refractivity contribution in [3.8, 4) is 0 Å². The standard InChI is InChI=1S/C32H41N3O7/c1-22(2)28-21-41-31(39)27(35-32(40)42-20-24-13-7-4-8-14-24)16-10-9-15-25(30(38)34-28)18-29(37)33-26(19-36)17-23-11-5-3-6-12-23/h3-14,22,25-28,36H,15-21H2,1-2H3,(H,33,37)(H,34,38)(H,35,40). The molecule has 0 aromatic heterocycles. The summed E-state index contributed by atoms with van der Waals surface area (Å²) < 4.78 is 10.8. The van der Waals surface area contributed by atoms with Gasteiger partial charge in [0.2, 0.25) is 11.8 Å². The topological polar surface area (TPSA) is 143 Å². The van der Waals surface area contributed by atoms with Crippen molar-refractivity contribution in [2.24, 2.45) is 11.8 Å². The molecule has 4 atom stereocenters. The first-order valence-electron chi connectivity index (χ1n) is 14.3. The van der Waals surface area contributed by atoms with Crippen LogP contribution in [-0.4, -0.2) is 60.3 Å². The zero-order chi connectivity index (χ0) is 30.3. The average Bonchev–Trinajstić information content (AvgIpc) is 2.98. The highest BCUT2D eigenvalue weighted by atomic mass is 16.6. The molecule has 0 saturated heterocycles. The third-order valence-electron chi connectivity index (χ3n) is 7.00. The van der Waals surface area contributed by atoms with Crippen LogP contribution in [0.5, 0.6) is 0 Å². The SMILES string of the molecule is CC(C)C1COC(=O)C(NC(=O)OCc2ccccc2)CC=CCC(CC(=O)NC(CO)Cc2ccccc2)C(=O)N1. The normalized spacial score (nSPS) is 20.3. The number of benzene rings is 2. The number of rotatable bonds is 10. The minimum absolute atomic E-state index is 0.0535. The Morgan fingerprint density at radius 2 is 1.64 bits per heavy atom. The van der Waals surface area contributed by atoms with Crippen LogP contribution >= 0.6 is 0 Å². The average molecular weight is 580 g/mol. The largest absolute Gasteiger partial charge is 0.462 e. The van der Waals surface area contributed by atoms with Crippen LogP contribution in [0.3, 0.4) is 0 Å². The predicted octanol–water partition coefficient (Wildman–Crippen LogP) is 3.04. The minimum atomic E-state index is -0.988. The minimum Gasteiger partial charge on any atom is -0.462 e. The molecular weight excluding hydrogens is 538 g/mol. The second-order valence-electron chi connectivity index (χ2n) is 10.7. The monoisotopic (exact) mass is 579 g/mol. The molecule has 0 spiro atoms. The molecule has 3 amide bonds. The van der Waals surface area contributed by atoms with E-state index >= 15 is 0 Å². The molecule has 3 rings (SSSR count). The number of hydrogen-bond donors (Lipinski definition) is 4. The number of esters is 1. The van der Waals surface area contributed by atoms with E-state index in [9.17, 15) is 24.3 Å². The van der Waals surface area contributed by atoms with Crippen molar-refractivity contribution in [3.05, 3.63) is 83.9 Å². The molecule has 10 nitrogen and oxygen atoms in total. The van der Waals surface area contributed by atoms with Gasteiger partial charge in [0, 0.05) is 6.42 Å². The Morgan fingerprint density at radius 1 is 1.00 bits per heavy atom. The van der Waals surface area contributed by atoms with E-state index in [0.29, 0.717) is 6.42 Å². The molecule has 0 aliphatic carbocycles. The highest BCUT2D eigenvalue weighted by Crippen LogP contribution is 2.15. The van der Waals surface area contributed by atoms with Gasteiger partial charge in [-0.15, -0.1) is 0 Å². The summed E-state index contributed by atoms with van der Waals surface area (Å²) in [6.07, 6.45) is 3.38. The molecule has 1 aliphatic rings. The summed E-state index contributed by atoms with van der Waals surface area (Å²) in [7, 11) is 0. The van der Waals surface area contributed by atoms with E-state index < -0.39 is 36.1 Å². The lowest BCUT2D eigenvalue weighted by atomic mass is 9.96. The van der Waals surface area contributed by atoms with Crippen molar-refractivity contribution in [1.29, 1.82) is 0 Å². The molecule has 0 bridgehead atoms. The van der Waals surface area contributed by atoms with E-state index in [-0.39, 0.29) is 56.8 Å². The van der Waals surface area contributed by atoms with Crippen molar-refractivity contribution in [1.82, 2.24) is 16.0 Å². The first kappa shape index (κ1) is 32.3. The maximum Gasteiger partial charge on any atom is 0.408 e. The van der Waals surface area contributed by atoms with Crippen molar-refractivity contribution < 1.29 is 33.8 Å². The maximum atomic E-state index is 13.2. The van der Waals surface area contributed by atoms with Gasteiger partial charge in [-0.2, -0.15) is 0 Å². The second-order valence-corrected chi connectivity index (χ2v) is 10.7. The molecule has 0 saturated carbocycles. The third-order valence-corrected chi connectivity index (χ3v) is 7.00. The van der Waals surface area contributed by atoms with E-state index in [0.717, 1.165) is 11.1 Å². The van der Waals surface area contributed by atoms with Crippen LogP contribution in [0.1, 0.15) is 44.2 Å². The molecule has 1 heterocycles. The molecule has 4 unspecified atom stereocenters. The molecule has 0 radical (unpaired) electrons. The van der Waals surface area contributed by atoms with Gasteiger partial charge in [-0.05, 0) is 36.3 Å². The van der Waals surface area contributed by atoms with Crippen LogP contribution < -0.4 is 16.0 Å². The van der Waals surface area contributed by atoms with Gasteiger partial charge in [-0.3, -0.25) is 9.59 Å². The van der Waals surface area contributed by atoms with Crippen LogP contribution in [0.4, 0.5) is 4.79 Å². The Balaban J connectivity index is 1.64. The van der Waals surface area contributed by atoms with E-state index in [1.807, 2.05) is 74.5 Å². The number of aliphatic hydroxyl groups is 1. The fraction of sp³-hybridized carbons (Fsp3) is 0.438. The molecule has 1 aliphatic heterocycles. The lowest BCUT2D eigenvalue weighted by molar-refractivity contribution is -0.148. The zero-order valence-electron chi connectivity index (χ0n) is 24.2. The van der Waals surface area contributed by atoms with Crippen molar-refractivity contribution >= 4 is 23.9 Å². The molecular formula is C32H41N3O7. The van der Waals surface area contributed by atoms with E-state index in [2.05, 4.69) is 16.0 Å². The number of allylic oxidation sites excluding steroid dienone is 1. The van der Waals surface area contributed by atoms with E-state index in [1.165, 1.54) is 0 Å². The van der Waals surface area contributed by atoms with Crippen LogP contribution in [0.15, 0.2) is 72.8 Å². The summed E-state index contributed by atoms with van der Waals surface area (Å²) in [6, 6.07) is 16.7. The number of alkyl carbamates (subject to hydrolysis) is 1. The van der Waals surface area contributed by atoms with Crippen LogP contribution in [-0.2, 0) is 36.9 Å². The zero-order valence-corrected chi connectivity index (χ0v) is 24.2. The van der Waals surface area contributed by atoms with Crippen LogP contribution in [0.2, 0.25) is 0 Å². The highest BCUT2D eigenvalue weighted by Gasteiger charge is 2.29. The van der Waals surface area contributed by atoms with Crippen LogP contribution in [0, 0.1) is 11.8 Å². The Bertz CT molecular complexity index is 1190. The van der Waals surface area contributed by atoms with E-state index in [1.54, 1.807) is 12.2 Å². The van der Waals surface area contributed by atoms with Crippen molar-refractivity contribution in [3.63, 3.8) is 0 Å². The van der Waals surface area contributed by atoms with Crippen molar-refractivity contribution in [2.75, 3.05) is 13.2 Å². The molecule has 2 aromatic carbocycles. The maximum absolute atomic E-state index is 13.2. The summed E-state index contributed by atoms with van der Waals surface area (Å²) in [4.78, 5) is 51.4. The first-order valence-corrected chi connectivity index (χ1v) is 14.3. The molecule has 226 valence electrons. The summed E-state index contributed by atoms with van der Waals surface area (Å²) >= 11 is 0. The number of aliphatic hydroxyl groups excluding tert-OH is 1. The lowest BCUT2D eigenvalue weighted by Gasteiger charge is -2.26. The van der Waals surface area contributed by atoms with Gasteiger partial charge < -0.3 is 30.5 Å². The number of carbonyl (C=O) groups is 4. The Labute approximate surface area is 246 Å². The van der Waals surface area contributed by atoms with Gasteiger partial charge in [0.1, 0.15) is 19.3 Å². The Hall–Kier alpha value is -4.18. The Morgan fingerprint density at radius 3 is 2.29 bits per heavy atom. The third kappa shape index (κ3) is 11.0. The number of amides is 3. The number of nitrogens with one attached hydrogen (secondary N) is 3. The number of carbonyl (C=O) groups excluding carboxylic acids is 4. The van der Waals surface area contributed by atoms with Crippen molar-refractivity contribution in [2.45, 2.75) is 64.3 Å². The summed E-state index contributed by atoms with van der Waals surface area (Å²) in [5.41, 5.74) is 1.79. The van der Waals surface area contributed by atoms with E-state index in [4.69, 9.17) is 9.47 Å². The van der Waals surface area contributed by atoms with Crippen LogP contribution in [0.25, 0.3) is 0 Å². The summed E-state index contributed by atoms with van der Waals surface area (Å²) in [6.45, 7) is 3.50. The molecule has 2 aromatic rings. The number of hydrogen-bond acceptors (Lipinski definition) is 7. The highest BCUT2D eigenvalue weighted by molar-refractivity contribution is 5.86. The molecule has 0 fully saturated rings. The molecule has 4 N–H and O–H groups in total. The fourth-order valence-electron chi connectivity index (χ4n) is 4.44. The second kappa shape index (κ2) is 16.9. The molecule has 10 heteroatoms. The Kier molecular flexibility index (Phi) is 13.0. The lowest BCUT2D eigenvalue weighted by Crippen LogP contribution is -2.48. The first-order chi connectivity index (χ1) is 20.2. The summed E-state index contributed by atoms with van der Waals surface area (Å²) in [5, 5.41) is 18.1. The van der Waals surface area contributed by atoms with Gasteiger partial charge in [-0.1, -0.05) is 86.7 Å². The van der Waals surface area contributed by atoms with Gasteiger partial charge in [0.05, 0.1) is 24.6 Å². The van der Waals surface area contributed by atoms with Gasteiger partial charge in [0.25, 0.3) is 0 Å².